The van der Waals surface area contributed by atoms with E-state index in [1.165, 1.54) is 13.1 Å². The number of nitrogens with one attached hydrogen (secondary N) is 2. The molecular weight excluding hydrogens is 340 g/mol. The fraction of sp³-hybridized carbons (Fsp3) is 0.412. The highest BCUT2D eigenvalue weighted by Crippen LogP contribution is 2.27. The topological polar surface area (TPSA) is 97.2 Å². The number of nitrogens with zero attached hydrogens (tertiary/aromatic N) is 2. The van der Waals surface area contributed by atoms with Gasteiger partial charge in [-0.25, -0.2) is 4.98 Å². The molecule has 8 heteroatoms. The molecule has 1 heterocycles. The van der Waals surface area contributed by atoms with Crippen molar-refractivity contribution in [3.05, 3.63) is 50.0 Å². The van der Waals surface area contributed by atoms with Gasteiger partial charge >= 0.3 is 0 Å². The number of nitro groups is 1. The standard InChI is InChI=1S/C17H22N4O3S/c1-17(2,3)16-20-12(10-25-16)7-8-19-13-6-5-11(15(22)18-4)9-14(13)21(23)24/h5-6,9-10,19H,7-8H2,1-4H3,(H,18,22). The van der Waals surface area contributed by atoms with Gasteiger partial charge in [0.2, 0.25) is 0 Å². The van der Waals surface area contributed by atoms with E-state index in [9.17, 15) is 14.9 Å². The first-order chi connectivity index (χ1) is 11.7. The van der Waals surface area contributed by atoms with Gasteiger partial charge in [-0.3, -0.25) is 14.9 Å². The fourth-order valence-corrected chi connectivity index (χ4v) is 3.15. The minimum absolute atomic E-state index is 0.0187. The summed E-state index contributed by atoms with van der Waals surface area (Å²) >= 11 is 1.63. The molecule has 1 aromatic heterocycles. The van der Waals surface area contributed by atoms with Gasteiger partial charge in [0.15, 0.2) is 0 Å². The molecule has 0 aliphatic rings. The Morgan fingerprint density at radius 3 is 2.64 bits per heavy atom. The van der Waals surface area contributed by atoms with Crippen molar-refractivity contribution in [1.29, 1.82) is 0 Å². The van der Waals surface area contributed by atoms with Crippen LogP contribution in [0.1, 0.15) is 41.8 Å². The second-order valence-corrected chi connectivity index (χ2v) is 7.50. The van der Waals surface area contributed by atoms with Crippen molar-refractivity contribution in [2.75, 3.05) is 18.9 Å². The minimum atomic E-state index is -0.491. The Morgan fingerprint density at radius 1 is 1.36 bits per heavy atom. The van der Waals surface area contributed by atoms with Crippen LogP contribution in [0.25, 0.3) is 0 Å². The maximum atomic E-state index is 11.6. The van der Waals surface area contributed by atoms with Gasteiger partial charge in [-0.2, -0.15) is 0 Å². The predicted molar refractivity (Wildman–Crippen MR) is 99.5 cm³/mol. The summed E-state index contributed by atoms with van der Waals surface area (Å²) in [6, 6.07) is 4.40. The first kappa shape index (κ1) is 18.9. The Bertz CT molecular complexity index is 780. The smallest absolute Gasteiger partial charge is 0.293 e. The van der Waals surface area contributed by atoms with Crippen LogP contribution in [0, 0.1) is 10.1 Å². The van der Waals surface area contributed by atoms with Crippen LogP contribution in [0.2, 0.25) is 0 Å². The molecule has 25 heavy (non-hydrogen) atoms. The maximum absolute atomic E-state index is 11.6. The molecule has 0 aliphatic carbocycles. The average molecular weight is 362 g/mol. The van der Waals surface area contributed by atoms with E-state index in [1.807, 2.05) is 5.38 Å². The molecule has 2 N–H and O–H groups in total. The van der Waals surface area contributed by atoms with Gasteiger partial charge in [-0.15, -0.1) is 11.3 Å². The molecule has 0 radical (unpaired) electrons. The van der Waals surface area contributed by atoms with Crippen LogP contribution in [-0.4, -0.2) is 29.4 Å². The van der Waals surface area contributed by atoms with E-state index in [4.69, 9.17) is 0 Å². The Hall–Kier alpha value is -2.48. The molecule has 2 aromatic rings. The summed E-state index contributed by atoms with van der Waals surface area (Å²) in [5, 5.41) is 19.9. The van der Waals surface area contributed by atoms with Crippen LogP contribution in [0.15, 0.2) is 23.6 Å². The number of nitro benzene ring substituents is 1. The quantitative estimate of drug-likeness (QED) is 0.606. The van der Waals surface area contributed by atoms with E-state index in [0.29, 0.717) is 18.7 Å². The van der Waals surface area contributed by atoms with Crippen LogP contribution < -0.4 is 10.6 Å². The van der Waals surface area contributed by atoms with Crippen LogP contribution in [-0.2, 0) is 11.8 Å². The lowest BCUT2D eigenvalue weighted by Crippen LogP contribution is -2.18. The highest BCUT2D eigenvalue weighted by molar-refractivity contribution is 7.09. The van der Waals surface area contributed by atoms with Crippen molar-refractivity contribution in [1.82, 2.24) is 10.3 Å². The Morgan fingerprint density at radius 2 is 2.08 bits per heavy atom. The second kappa shape index (κ2) is 7.60. The number of amides is 1. The van der Waals surface area contributed by atoms with Crippen molar-refractivity contribution in [3.63, 3.8) is 0 Å². The number of rotatable bonds is 6. The summed E-state index contributed by atoms with van der Waals surface area (Å²) in [5.41, 5.74) is 1.52. The molecule has 7 nitrogen and oxygen atoms in total. The van der Waals surface area contributed by atoms with E-state index in [1.54, 1.807) is 23.5 Å². The molecule has 0 saturated carbocycles. The molecule has 2 rings (SSSR count). The van der Waals surface area contributed by atoms with Gasteiger partial charge in [0.1, 0.15) is 5.69 Å². The number of aromatic nitrogens is 1. The van der Waals surface area contributed by atoms with Crippen molar-refractivity contribution in [2.45, 2.75) is 32.6 Å². The van der Waals surface area contributed by atoms with E-state index in [-0.39, 0.29) is 22.6 Å². The summed E-state index contributed by atoms with van der Waals surface area (Å²) in [4.78, 5) is 27.0. The van der Waals surface area contributed by atoms with Gasteiger partial charge in [0.25, 0.3) is 11.6 Å². The number of benzene rings is 1. The van der Waals surface area contributed by atoms with Gasteiger partial charge in [-0.05, 0) is 12.1 Å². The lowest BCUT2D eigenvalue weighted by molar-refractivity contribution is -0.384. The number of thiazole rings is 1. The average Bonchev–Trinajstić information content (AvgIpc) is 3.03. The molecule has 0 fully saturated rings. The van der Waals surface area contributed by atoms with Crippen LogP contribution >= 0.6 is 11.3 Å². The maximum Gasteiger partial charge on any atom is 0.293 e. The number of carbonyl (C=O) groups is 1. The molecule has 0 spiro atoms. The molecule has 1 aromatic carbocycles. The highest BCUT2D eigenvalue weighted by Gasteiger charge is 2.19. The van der Waals surface area contributed by atoms with E-state index < -0.39 is 4.92 Å². The van der Waals surface area contributed by atoms with Crippen molar-refractivity contribution in [3.8, 4) is 0 Å². The van der Waals surface area contributed by atoms with Gasteiger partial charge < -0.3 is 10.6 Å². The fourth-order valence-electron chi connectivity index (χ4n) is 2.21. The lowest BCUT2D eigenvalue weighted by Gasteiger charge is -2.13. The van der Waals surface area contributed by atoms with Crippen molar-refractivity contribution < 1.29 is 9.72 Å². The Balaban J connectivity index is 2.06. The van der Waals surface area contributed by atoms with E-state index >= 15 is 0 Å². The van der Waals surface area contributed by atoms with Crippen LogP contribution in [0.5, 0.6) is 0 Å². The zero-order chi connectivity index (χ0) is 18.6. The summed E-state index contributed by atoms with van der Waals surface area (Å²) in [5.74, 6) is -0.355. The molecule has 0 atom stereocenters. The molecule has 0 unspecified atom stereocenters. The first-order valence-corrected chi connectivity index (χ1v) is 8.79. The number of hydrogen-bond donors (Lipinski definition) is 2. The molecule has 134 valence electrons. The normalized spacial score (nSPS) is 11.2. The third-order valence-corrected chi connectivity index (χ3v) is 4.89. The molecule has 0 saturated heterocycles. The van der Waals surface area contributed by atoms with Crippen LogP contribution in [0.4, 0.5) is 11.4 Å². The summed E-state index contributed by atoms with van der Waals surface area (Å²) in [6.45, 7) is 6.87. The summed E-state index contributed by atoms with van der Waals surface area (Å²) in [6.07, 6.45) is 0.668. The van der Waals surface area contributed by atoms with Crippen molar-refractivity contribution >= 4 is 28.6 Å². The van der Waals surface area contributed by atoms with E-state index in [0.717, 1.165) is 10.7 Å². The zero-order valence-electron chi connectivity index (χ0n) is 14.8. The highest BCUT2D eigenvalue weighted by atomic mass is 32.1. The Kier molecular flexibility index (Phi) is 5.73. The van der Waals surface area contributed by atoms with Crippen LogP contribution in [0.3, 0.4) is 0 Å². The number of carbonyl (C=O) groups excluding carboxylic acids is 1. The zero-order valence-corrected chi connectivity index (χ0v) is 15.6. The number of hydrogen-bond acceptors (Lipinski definition) is 6. The summed E-state index contributed by atoms with van der Waals surface area (Å²) in [7, 11) is 1.49. The molecular formula is C17H22N4O3S. The Labute approximate surface area is 150 Å². The SMILES string of the molecule is CNC(=O)c1ccc(NCCc2csc(C(C)(C)C)n2)c([N+](=O)[O-])c1. The number of anilines is 1. The van der Waals surface area contributed by atoms with E-state index in [2.05, 4.69) is 36.4 Å². The molecule has 1 amide bonds. The molecule has 0 aliphatic heterocycles. The van der Waals surface area contributed by atoms with Crippen molar-refractivity contribution in [2.24, 2.45) is 0 Å². The monoisotopic (exact) mass is 362 g/mol. The van der Waals surface area contributed by atoms with Gasteiger partial charge in [0, 0.05) is 42.4 Å². The largest absolute Gasteiger partial charge is 0.379 e. The third kappa shape index (κ3) is 4.76. The third-order valence-electron chi connectivity index (χ3n) is 3.57. The first-order valence-electron chi connectivity index (χ1n) is 7.91. The second-order valence-electron chi connectivity index (χ2n) is 6.64. The predicted octanol–water partition coefficient (Wildman–Crippen LogP) is 3.36. The van der Waals surface area contributed by atoms with Gasteiger partial charge in [0.05, 0.1) is 15.6 Å². The summed E-state index contributed by atoms with van der Waals surface area (Å²) < 4.78 is 0. The van der Waals surface area contributed by atoms with Gasteiger partial charge in [-0.1, -0.05) is 20.8 Å². The lowest BCUT2D eigenvalue weighted by atomic mass is 9.98. The minimum Gasteiger partial charge on any atom is -0.379 e. The molecule has 0 bridgehead atoms.